The molecular formula is C15H25NO2. The molecule has 0 amide bonds. The van der Waals surface area contributed by atoms with Crippen molar-refractivity contribution >= 4 is 0 Å². The Morgan fingerprint density at radius 2 is 1.67 bits per heavy atom. The van der Waals surface area contributed by atoms with Gasteiger partial charge in [0.1, 0.15) is 0 Å². The smallest absolute Gasteiger partial charge is 0.171 e. The van der Waals surface area contributed by atoms with Gasteiger partial charge in [-0.05, 0) is 38.8 Å². The second kappa shape index (κ2) is 6.88. The third-order valence-electron chi connectivity index (χ3n) is 3.29. The number of ether oxygens (including phenoxy) is 2. The maximum absolute atomic E-state index is 5.27. The summed E-state index contributed by atoms with van der Waals surface area (Å²) in [5.41, 5.74) is 3.92. The van der Waals surface area contributed by atoms with Crippen LogP contribution in [0.15, 0.2) is 18.2 Å². The van der Waals surface area contributed by atoms with E-state index < -0.39 is 0 Å². The molecule has 0 spiro atoms. The number of rotatable bonds is 6. The Morgan fingerprint density at radius 3 is 2.22 bits per heavy atom. The summed E-state index contributed by atoms with van der Waals surface area (Å²) in [6.45, 7) is 8.49. The number of hydrogen-bond acceptors (Lipinski definition) is 3. The largest absolute Gasteiger partial charge is 0.354 e. The van der Waals surface area contributed by atoms with Gasteiger partial charge in [0.25, 0.3) is 0 Å². The van der Waals surface area contributed by atoms with E-state index in [2.05, 4.69) is 51.2 Å². The van der Waals surface area contributed by atoms with E-state index in [0.717, 1.165) is 0 Å². The average molecular weight is 251 g/mol. The minimum atomic E-state index is -0.224. The normalized spacial score (nSPS) is 14.8. The molecule has 0 aliphatic carbocycles. The van der Waals surface area contributed by atoms with E-state index in [1.54, 1.807) is 14.2 Å². The van der Waals surface area contributed by atoms with Crippen LogP contribution in [-0.4, -0.2) is 26.6 Å². The van der Waals surface area contributed by atoms with E-state index in [0.29, 0.717) is 0 Å². The van der Waals surface area contributed by atoms with E-state index in [-0.39, 0.29) is 18.4 Å². The number of nitrogens with one attached hydrogen (secondary N) is 1. The first kappa shape index (κ1) is 15.2. The lowest BCUT2D eigenvalue weighted by Crippen LogP contribution is -2.41. The van der Waals surface area contributed by atoms with Crippen LogP contribution >= 0.6 is 0 Å². The van der Waals surface area contributed by atoms with Gasteiger partial charge in [-0.25, -0.2) is 0 Å². The molecular weight excluding hydrogens is 226 g/mol. The summed E-state index contributed by atoms with van der Waals surface area (Å²) in [5, 5.41) is 3.52. The van der Waals surface area contributed by atoms with E-state index in [4.69, 9.17) is 9.47 Å². The zero-order valence-electron chi connectivity index (χ0n) is 12.3. The van der Waals surface area contributed by atoms with Gasteiger partial charge in [-0.3, -0.25) is 0 Å². The number of methoxy groups -OCH3 is 2. The summed E-state index contributed by atoms with van der Waals surface area (Å²) in [6.07, 6.45) is -0.224. The first-order chi connectivity index (χ1) is 8.49. The van der Waals surface area contributed by atoms with Crippen molar-refractivity contribution in [3.05, 3.63) is 34.9 Å². The van der Waals surface area contributed by atoms with Crippen molar-refractivity contribution in [3.8, 4) is 0 Å². The van der Waals surface area contributed by atoms with Crippen LogP contribution in [0.1, 0.15) is 36.6 Å². The standard InChI is InChI=1S/C15H25NO2/c1-10-7-8-11(2)14(9-10)12(3)16-13(4)15(17-5)18-6/h7-9,12-13,15-16H,1-6H3. The fraction of sp³-hybridized carbons (Fsp3) is 0.600. The van der Waals surface area contributed by atoms with Gasteiger partial charge in [0, 0.05) is 20.3 Å². The van der Waals surface area contributed by atoms with Crippen molar-refractivity contribution in [2.75, 3.05) is 14.2 Å². The molecule has 2 atom stereocenters. The molecule has 1 aromatic carbocycles. The minimum absolute atomic E-state index is 0.134. The number of benzene rings is 1. The van der Waals surface area contributed by atoms with Crippen LogP contribution in [0.5, 0.6) is 0 Å². The lowest BCUT2D eigenvalue weighted by Gasteiger charge is -2.26. The van der Waals surface area contributed by atoms with Crippen LogP contribution in [0, 0.1) is 13.8 Å². The predicted octanol–water partition coefficient (Wildman–Crippen LogP) is 2.96. The summed E-state index contributed by atoms with van der Waals surface area (Å²) >= 11 is 0. The monoisotopic (exact) mass is 251 g/mol. The van der Waals surface area contributed by atoms with Gasteiger partial charge in [-0.15, -0.1) is 0 Å². The maximum Gasteiger partial charge on any atom is 0.171 e. The molecule has 3 nitrogen and oxygen atoms in total. The van der Waals surface area contributed by atoms with Crippen LogP contribution in [-0.2, 0) is 9.47 Å². The Hall–Kier alpha value is -0.900. The van der Waals surface area contributed by atoms with Gasteiger partial charge in [-0.1, -0.05) is 23.8 Å². The fourth-order valence-electron chi connectivity index (χ4n) is 2.29. The highest BCUT2D eigenvalue weighted by molar-refractivity contribution is 5.32. The third-order valence-corrected chi connectivity index (χ3v) is 3.29. The Bertz CT molecular complexity index is 375. The molecule has 0 saturated heterocycles. The third kappa shape index (κ3) is 3.80. The number of hydrogen-bond donors (Lipinski definition) is 1. The Labute approximate surface area is 110 Å². The molecule has 0 radical (unpaired) electrons. The van der Waals surface area contributed by atoms with Crippen molar-refractivity contribution in [2.45, 2.75) is 46.1 Å². The zero-order valence-corrected chi connectivity index (χ0v) is 12.3. The SMILES string of the molecule is COC(OC)C(C)NC(C)c1cc(C)ccc1C. The van der Waals surface area contributed by atoms with E-state index >= 15 is 0 Å². The van der Waals surface area contributed by atoms with Gasteiger partial charge in [-0.2, -0.15) is 0 Å². The summed E-state index contributed by atoms with van der Waals surface area (Å²) in [7, 11) is 3.32. The highest BCUT2D eigenvalue weighted by Gasteiger charge is 2.19. The van der Waals surface area contributed by atoms with Crippen molar-refractivity contribution < 1.29 is 9.47 Å². The van der Waals surface area contributed by atoms with Crippen LogP contribution < -0.4 is 5.32 Å². The molecule has 3 heteroatoms. The fourth-order valence-corrected chi connectivity index (χ4v) is 2.29. The van der Waals surface area contributed by atoms with Crippen molar-refractivity contribution in [3.63, 3.8) is 0 Å². The molecule has 1 aromatic rings. The quantitative estimate of drug-likeness (QED) is 0.788. The molecule has 0 aliphatic heterocycles. The maximum atomic E-state index is 5.27. The minimum Gasteiger partial charge on any atom is -0.354 e. The molecule has 1 rings (SSSR count). The lowest BCUT2D eigenvalue weighted by molar-refractivity contribution is -0.120. The topological polar surface area (TPSA) is 30.5 Å². The average Bonchev–Trinajstić information content (AvgIpc) is 2.33. The molecule has 0 bridgehead atoms. The molecule has 0 aliphatic rings. The first-order valence-electron chi connectivity index (χ1n) is 6.38. The van der Waals surface area contributed by atoms with Gasteiger partial charge < -0.3 is 14.8 Å². The predicted molar refractivity (Wildman–Crippen MR) is 74.7 cm³/mol. The summed E-state index contributed by atoms with van der Waals surface area (Å²) in [4.78, 5) is 0. The lowest BCUT2D eigenvalue weighted by atomic mass is 9.99. The summed E-state index contributed by atoms with van der Waals surface area (Å²) < 4.78 is 10.5. The Balaban J connectivity index is 2.75. The Morgan fingerprint density at radius 1 is 1.06 bits per heavy atom. The van der Waals surface area contributed by atoms with E-state index in [1.165, 1.54) is 16.7 Å². The van der Waals surface area contributed by atoms with Gasteiger partial charge in [0.05, 0.1) is 6.04 Å². The summed E-state index contributed by atoms with van der Waals surface area (Å²) in [5.74, 6) is 0. The molecule has 0 aromatic heterocycles. The van der Waals surface area contributed by atoms with Crippen molar-refractivity contribution in [2.24, 2.45) is 0 Å². The van der Waals surface area contributed by atoms with Crippen LogP contribution in [0.3, 0.4) is 0 Å². The van der Waals surface area contributed by atoms with Crippen LogP contribution in [0.25, 0.3) is 0 Å². The molecule has 0 heterocycles. The summed E-state index contributed by atoms with van der Waals surface area (Å²) in [6, 6.07) is 6.94. The second-order valence-electron chi connectivity index (χ2n) is 4.88. The van der Waals surface area contributed by atoms with Crippen molar-refractivity contribution in [1.82, 2.24) is 5.32 Å². The molecule has 2 unspecified atom stereocenters. The van der Waals surface area contributed by atoms with Gasteiger partial charge in [0.15, 0.2) is 6.29 Å². The van der Waals surface area contributed by atoms with Crippen molar-refractivity contribution in [1.29, 1.82) is 0 Å². The highest BCUT2D eigenvalue weighted by Crippen LogP contribution is 2.20. The molecule has 0 saturated carbocycles. The second-order valence-corrected chi connectivity index (χ2v) is 4.88. The zero-order chi connectivity index (χ0) is 13.7. The van der Waals surface area contributed by atoms with Crippen LogP contribution in [0.2, 0.25) is 0 Å². The molecule has 1 N–H and O–H groups in total. The Kier molecular flexibility index (Phi) is 5.79. The van der Waals surface area contributed by atoms with Crippen LogP contribution in [0.4, 0.5) is 0 Å². The number of aryl methyl sites for hydroxylation is 2. The molecule has 102 valence electrons. The highest BCUT2D eigenvalue weighted by atomic mass is 16.7. The van der Waals surface area contributed by atoms with E-state index in [9.17, 15) is 0 Å². The molecule has 18 heavy (non-hydrogen) atoms. The van der Waals surface area contributed by atoms with Gasteiger partial charge >= 0.3 is 0 Å². The van der Waals surface area contributed by atoms with Gasteiger partial charge in [0.2, 0.25) is 0 Å². The molecule has 0 fully saturated rings. The first-order valence-corrected chi connectivity index (χ1v) is 6.38. The van der Waals surface area contributed by atoms with E-state index in [1.807, 2.05) is 0 Å².